The Hall–Kier alpha value is -1.52. The maximum atomic E-state index is 13.0. The number of anilines is 1. The zero-order valence-corrected chi connectivity index (χ0v) is 11.3. The van der Waals surface area contributed by atoms with E-state index in [2.05, 4.69) is 0 Å². The number of aldehydes is 1. The molecule has 0 unspecified atom stereocenters. The van der Waals surface area contributed by atoms with Crippen LogP contribution in [0.15, 0.2) is 18.2 Å². The number of halogens is 3. The number of nitrogens with zero attached hydrogens (tertiary/aromatic N) is 1. The first kappa shape index (κ1) is 15.5. The van der Waals surface area contributed by atoms with Gasteiger partial charge in [-0.05, 0) is 30.5 Å². The smallest absolute Gasteiger partial charge is 0.374 e. The molecule has 0 saturated heterocycles. The van der Waals surface area contributed by atoms with Crippen molar-refractivity contribution in [2.75, 3.05) is 18.5 Å². The normalized spacial score (nSPS) is 11.7. The van der Waals surface area contributed by atoms with Gasteiger partial charge in [0.2, 0.25) is 0 Å². The Balaban J connectivity index is 3.08. The summed E-state index contributed by atoms with van der Waals surface area (Å²) in [6.07, 6.45) is -3.23. The molecule has 0 aliphatic rings. The number of carbonyl (C=O) groups excluding carboxylic acids is 1. The second-order valence-electron chi connectivity index (χ2n) is 5.00. The molecule has 0 saturated carbocycles. The fourth-order valence-corrected chi connectivity index (χ4v) is 1.76. The number of benzene rings is 1. The predicted octanol–water partition coefficient (Wildman–Crippen LogP) is 4.00. The van der Waals surface area contributed by atoms with Crippen molar-refractivity contribution in [3.05, 3.63) is 29.3 Å². The van der Waals surface area contributed by atoms with Crippen LogP contribution in [0.2, 0.25) is 0 Å². The second-order valence-corrected chi connectivity index (χ2v) is 5.00. The molecule has 0 bridgehead atoms. The van der Waals surface area contributed by atoms with Crippen LogP contribution in [-0.2, 0) is 6.18 Å². The van der Waals surface area contributed by atoms with Crippen LogP contribution < -0.4 is 4.90 Å². The van der Waals surface area contributed by atoms with Gasteiger partial charge >= 0.3 is 6.18 Å². The van der Waals surface area contributed by atoms with E-state index in [0.717, 1.165) is 12.5 Å². The van der Waals surface area contributed by atoms with Gasteiger partial charge in [0.25, 0.3) is 0 Å². The molecular formula is C14H18F3NO. The third kappa shape index (κ3) is 4.26. The molecule has 0 radical (unpaired) electrons. The molecule has 0 aliphatic heterocycles. The summed E-state index contributed by atoms with van der Waals surface area (Å²) in [6, 6.07) is 3.66. The largest absolute Gasteiger partial charge is 0.418 e. The molecule has 106 valence electrons. The molecule has 0 aliphatic carbocycles. The monoisotopic (exact) mass is 273 g/mol. The first-order valence-electron chi connectivity index (χ1n) is 6.13. The van der Waals surface area contributed by atoms with E-state index in [4.69, 9.17) is 0 Å². The van der Waals surface area contributed by atoms with E-state index in [-0.39, 0.29) is 11.3 Å². The average Bonchev–Trinajstić information content (AvgIpc) is 2.34. The van der Waals surface area contributed by atoms with Gasteiger partial charge < -0.3 is 4.90 Å². The Bertz CT molecular complexity index is 441. The Morgan fingerprint density at radius 2 is 1.95 bits per heavy atom. The molecule has 2 nitrogen and oxygen atoms in total. The number of carbonyl (C=O) groups is 1. The topological polar surface area (TPSA) is 20.3 Å². The lowest BCUT2D eigenvalue weighted by Gasteiger charge is -2.24. The van der Waals surface area contributed by atoms with E-state index in [9.17, 15) is 18.0 Å². The number of hydrogen-bond donors (Lipinski definition) is 0. The van der Waals surface area contributed by atoms with Crippen LogP contribution in [0.5, 0.6) is 0 Å². The molecule has 0 N–H and O–H groups in total. The highest BCUT2D eigenvalue weighted by Crippen LogP contribution is 2.36. The van der Waals surface area contributed by atoms with E-state index in [1.54, 1.807) is 11.9 Å². The summed E-state index contributed by atoms with van der Waals surface area (Å²) in [4.78, 5) is 12.2. The van der Waals surface area contributed by atoms with Gasteiger partial charge in [0.1, 0.15) is 6.29 Å². The second kappa shape index (κ2) is 6.08. The van der Waals surface area contributed by atoms with Gasteiger partial charge in [-0.1, -0.05) is 13.8 Å². The molecule has 1 aromatic rings. The van der Waals surface area contributed by atoms with E-state index >= 15 is 0 Å². The van der Waals surface area contributed by atoms with E-state index < -0.39 is 11.7 Å². The minimum absolute atomic E-state index is 0.0355. The summed E-state index contributed by atoms with van der Waals surface area (Å²) in [7, 11) is 1.63. The lowest BCUT2D eigenvalue weighted by atomic mass is 10.1. The molecule has 1 rings (SSSR count). The third-order valence-corrected chi connectivity index (χ3v) is 2.92. The van der Waals surface area contributed by atoms with Crippen molar-refractivity contribution >= 4 is 12.0 Å². The maximum absolute atomic E-state index is 13.0. The predicted molar refractivity (Wildman–Crippen MR) is 69.6 cm³/mol. The van der Waals surface area contributed by atoms with Crippen LogP contribution in [0.1, 0.15) is 36.2 Å². The Morgan fingerprint density at radius 1 is 1.32 bits per heavy atom. The maximum Gasteiger partial charge on any atom is 0.418 e. The standard InChI is InChI=1S/C14H18F3NO/c1-10(2)6-7-18(3)13-5-4-11(9-19)8-12(13)14(15,16)17/h4-5,8-10H,6-7H2,1-3H3. The fraction of sp³-hybridized carbons (Fsp3) is 0.500. The molecule has 0 spiro atoms. The quantitative estimate of drug-likeness (QED) is 0.756. The van der Waals surface area contributed by atoms with Crippen LogP contribution in [0.25, 0.3) is 0 Å². The van der Waals surface area contributed by atoms with Crippen molar-refractivity contribution in [3.8, 4) is 0 Å². The average molecular weight is 273 g/mol. The molecule has 0 atom stereocenters. The fourth-order valence-electron chi connectivity index (χ4n) is 1.76. The van der Waals surface area contributed by atoms with Crippen molar-refractivity contribution in [2.24, 2.45) is 5.92 Å². The van der Waals surface area contributed by atoms with Gasteiger partial charge in [-0.3, -0.25) is 4.79 Å². The Labute approximate surface area is 111 Å². The summed E-state index contributed by atoms with van der Waals surface area (Å²) in [5.74, 6) is 0.422. The molecule has 5 heteroatoms. The van der Waals surface area contributed by atoms with E-state index in [0.29, 0.717) is 18.7 Å². The van der Waals surface area contributed by atoms with Gasteiger partial charge in [0.05, 0.1) is 5.56 Å². The molecule has 0 aromatic heterocycles. The molecular weight excluding hydrogens is 255 g/mol. The molecule has 0 fully saturated rings. The zero-order valence-electron chi connectivity index (χ0n) is 11.3. The van der Waals surface area contributed by atoms with Gasteiger partial charge in [-0.25, -0.2) is 0 Å². The zero-order chi connectivity index (χ0) is 14.6. The third-order valence-electron chi connectivity index (χ3n) is 2.92. The highest BCUT2D eigenvalue weighted by molar-refractivity contribution is 5.77. The summed E-state index contributed by atoms with van der Waals surface area (Å²) >= 11 is 0. The van der Waals surface area contributed by atoms with Crippen LogP contribution in [-0.4, -0.2) is 19.9 Å². The van der Waals surface area contributed by atoms with Crippen LogP contribution in [0.4, 0.5) is 18.9 Å². The molecule has 1 aromatic carbocycles. The summed E-state index contributed by atoms with van der Waals surface area (Å²) in [5.41, 5.74) is -0.615. The summed E-state index contributed by atoms with van der Waals surface area (Å²) < 4.78 is 38.9. The van der Waals surface area contributed by atoms with E-state index in [1.165, 1.54) is 12.1 Å². The first-order valence-corrected chi connectivity index (χ1v) is 6.13. The van der Waals surface area contributed by atoms with Crippen LogP contribution >= 0.6 is 0 Å². The SMILES string of the molecule is CC(C)CCN(C)c1ccc(C=O)cc1C(F)(F)F. The van der Waals surface area contributed by atoms with Gasteiger partial charge in [0.15, 0.2) is 0 Å². The number of rotatable bonds is 5. The van der Waals surface area contributed by atoms with E-state index in [1.807, 2.05) is 13.8 Å². The molecule has 0 amide bonds. The van der Waals surface area contributed by atoms with Crippen molar-refractivity contribution in [3.63, 3.8) is 0 Å². The minimum Gasteiger partial charge on any atom is -0.374 e. The lowest BCUT2D eigenvalue weighted by molar-refractivity contribution is -0.137. The minimum atomic E-state index is -4.46. The van der Waals surface area contributed by atoms with Crippen LogP contribution in [0.3, 0.4) is 0 Å². The van der Waals surface area contributed by atoms with Crippen molar-refractivity contribution < 1.29 is 18.0 Å². The first-order chi connectivity index (χ1) is 8.75. The van der Waals surface area contributed by atoms with Crippen molar-refractivity contribution in [2.45, 2.75) is 26.4 Å². The van der Waals surface area contributed by atoms with Crippen molar-refractivity contribution in [1.82, 2.24) is 0 Å². The summed E-state index contributed by atoms with van der Waals surface area (Å²) in [6.45, 7) is 4.59. The lowest BCUT2D eigenvalue weighted by Crippen LogP contribution is -2.23. The van der Waals surface area contributed by atoms with Gasteiger partial charge in [-0.15, -0.1) is 0 Å². The van der Waals surface area contributed by atoms with Gasteiger partial charge in [-0.2, -0.15) is 13.2 Å². The number of alkyl halides is 3. The molecule has 0 heterocycles. The van der Waals surface area contributed by atoms with Crippen LogP contribution in [0, 0.1) is 5.92 Å². The Morgan fingerprint density at radius 3 is 2.42 bits per heavy atom. The number of hydrogen-bond acceptors (Lipinski definition) is 2. The van der Waals surface area contributed by atoms with Gasteiger partial charge in [0, 0.05) is 24.8 Å². The Kier molecular flexibility index (Phi) is 4.97. The molecule has 19 heavy (non-hydrogen) atoms. The summed E-state index contributed by atoms with van der Waals surface area (Å²) in [5, 5.41) is 0. The van der Waals surface area contributed by atoms with Crippen molar-refractivity contribution in [1.29, 1.82) is 0 Å². The highest BCUT2D eigenvalue weighted by atomic mass is 19.4. The highest BCUT2D eigenvalue weighted by Gasteiger charge is 2.34.